The Labute approximate surface area is 255 Å². The Balaban J connectivity index is 1.33. The fourth-order valence-corrected chi connectivity index (χ4v) is 8.28. The van der Waals surface area contributed by atoms with E-state index in [9.17, 15) is 15.2 Å². The van der Waals surface area contributed by atoms with Crippen LogP contribution >= 0.6 is 0 Å². The van der Waals surface area contributed by atoms with Crippen LogP contribution in [0.15, 0.2) is 47.5 Å². The summed E-state index contributed by atoms with van der Waals surface area (Å²) in [6, 6.07) is 13.5. The third-order valence-electron chi connectivity index (χ3n) is 10.3. The van der Waals surface area contributed by atoms with Gasteiger partial charge in [0.05, 0.1) is 22.3 Å². The van der Waals surface area contributed by atoms with E-state index in [1.807, 2.05) is 18.2 Å². The van der Waals surface area contributed by atoms with Gasteiger partial charge in [0.15, 0.2) is 0 Å². The monoisotopic (exact) mass is 586 g/mol. The Bertz CT molecular complexity index is 1950. The van der Waals surface area contributed by atoms with Crippen molar-refractivity contribution in [1.82, 2.24) is 19.8 Å². The van der Waals surface area contributed by atoms with Gasteiger partial charge in [0.2, 0.25) is 0 Å². The summed E-state index contributed by atoms with van der Waals surface area (Å²) in [6.07, 6.45) is 14.0. The molecule has 3 aromatic carbocycles. The zero-order chi connectivity index (χ0) is 30.0. The maximum absolute atomic E-state index is 14.5. The molecule has 4 aliphatic rings. The molecule has 0 radical (unpaired) electrons. The van der Waals surface area contributed by atoms with E-state index in [-0.39, 0.29) is 16.8 Å². The maximum atomic E-state index is 14.5. The zero-order valence-corrected chi connectivity index (χ0v) is 24.6. The van der Waals surface area contributed by atoms with Gasteiger partial charge in [-0.15, -0.1) is 6.42 Å². The number of phenols is 1. The van der Waals surface area contributed by atoms with Crippen molar-refractivity contribution < 1.29 is 9.84 Å². The van der Waals surface area contributed by atoms with Crippen molar-refractivity contribution in [3.63, 3.8) is 0 Å². The first-order valence-corrected chi connectivity index (χ1v) is 15.6. The number of terminal acetylenes is 1. The van der Waals surface area contributed by atoms with E-state index < -0.39 is 0 Å². The first kappa shape index (κ1) is 27.0. The second-order valence-electron chi connectivity index (χ2n) is 12.8. The van der Waals surface area contributed by atoms with E-state index in [0.717, 1.165) is 70.1 Å². The molecular weight excluding hydrogens is 552 g/mol. The van der Waals surface area contributed by atoms with Gasteiger partial charge in [-0.05, 0) is 75.2 Å². The lowest BCUT2D eigenvalue weighted by atomic mass is 9.95. The summed E-state index contributed by atoms with van der Waals surface area (Å²) in [5, 5.41) is 26.6. The molecule has 2 atom stereocenters. The summed E-state index contributed by atoms with van der Waals surface area (Å²) in [4.78, 5) is 24.1. The van der Waals surface area contributed by atoms with Crippen LogP contribution in [-0.2, 0) is 0 Å². The molecule has 8 rings (SSSR count). The number of benzene rings is 3. The second-order valence-corrected chi connectivity index (χ2v) is 12.8. The SMILES string of the molecule is C#Cc1cccc2cc(O)cc(-n3cnc4c(N5CC6CCC(C5)N6)c(C#N)c(OCC56CCCN5CCC6)cc4c3=O)c12. The number of piperazine rings is 1. The molecule has 4 aromatic rings. The number of fused-ring (bicyclic) bond motifs is 5. The summed E-state index contributed by atoms with van der Waals surface area (Å²) in [5.74, 6) is 3.16. The van der Waals surface area contributed by atoms with Crippen molar-refractivity contribution in [3.8, 4) is 35.6 Å². The van der Waals surface area contributed by atoms with Gasteiger partial charge in [0.1, 0.15) is 41.6 Å². The standard InChI is InChI=1S/C35H34N6O3/c1-2-22-6-3-7-23-14-26(42)15-29(31(22)23)41-21-37-32-27(34(41)43)16-30(44-20-35-10-4-12-40(35)13-5-11-35)28(17-36)33(32)39-18-24-8-9-25(19-39)38-24/h1,3,6-7,14-16,21,24-25,38,42H,4-5,8-13,18-20H2. The Morgan fingerprint density at radius 3 is 2.64 bits per heavy atom. The molecule has 2 N–H and O–H groups in total. The normalized spacial score (nSPS) is 22.3. The van der Waals surface area contributed by atoms with Crippen molar-refractivity contribution in [2.24, 2.45) is 0 Å². The molecule has 44 heavy (non-hydrogen) atoms. The number of hydrogen-bond donors (Lipinski definition) is 2. The van der Waals surface area contributed by atoms with Crippen LogP contribution in [0.2, 0.25) is 0 Å². The van der Waals surface area contributed by atoms with Crippen LogP contribution in [0, 0.1) is 23.7 Å². The molecule has 0 saturated carbocycles. The molecule has 0 amide bonds. The van der Waals surface area contributed by atoms with Gasteiger partial charge in [0.25, 0.3) is 5.56 Å². The Morgan fingerprint density at radius 1 is 1.14 bits per heavy atom. The molecule has 9 heteroatoms. The topological polar surface area (TPSA) is 107 Å². The summed E-state index contributed by atoms with van der Waals surface area (Å²) < 4.78 is 8.05. The summed E-state index contributed by atoms with van der Waals surface area (Å²) in [7, 11) is 0. The highest BCUT2D eigenvalue weighted by molar-refractivity contribution is 5.98. The molecule has 5 heterocycles. The minimum Gasteiger partial charge on any atom is -0.508 e. The third kappa shape index (κ3) is 4.15. The van der Waals surface area contributed by atoms with Gasteiger partial charge in [0, 0.05) is 42.2 Å². The fraction of sp³-hybridized carbons (Fsp3) is 0.400. The number of nitrogens with zero attached hydrogens (tertiary/aromatic N) is 5. The highest BCUT2D eigenvalue weighted by Gasteiger charge is 2.45. The van der Waals surface area contributed by atoms with Gasteiger partial charge in [-0.3, -0.25) is 14.3 Å². The quantitative estimate of drug-likeness (QED) is 0.338. The molecule has 2 bridgehead atoms. The van der Waals surface area contributed by atoms with Crippen LogP contribution in [0.1, 0.15) is 49.7 Å². The Hall–Kier alpha value is -4.57. The number of nitrogens with one attached hydrogen (secondary N) is 1. The molecular formula is C35H34N6O3. The van der Waals surface area contributed by atoms with Crippen molar-refractivity contribution in [1.29, 1.82) is 5.26 Å². The van der Waals surface area contributed by atoms with Crippen molar-refractivity contribution >= 4 is 27.4 Å². The second kappa shape index (κ2) is 10.3. The largest absolute Gasteiger partial charge is 0.508 e. The van der Waals surface area contributed by atoms with Crippen LogP contribution in [0.3, 0.4) is 0 Å². The number of aromatic nitrogens is 2. The van der Waals surface area contributed by atoms with E-state index in [4.69, 9.17) is 16.1 Å². The predicted molar refractivity (Wildman–Crippen MR) is 170 cm³/mol. The number of anilines is 1. The number of nitriles is 1. The average Bonchev–Trinajstić information content (AvgIpc) is 3.72. The third-order valence-corrected chi connectivity index (χ3v) is 10.3. The summed E-state index contributed by atoms with van der Waals surface area (Å²) in [6.45, 7) is 4.10. The van der Waals surface area contributed by atoms with Crippen molar-refractivity contribution in [3.05, 3.63) is 64.2 Å². The first-order chi connectivity index (χ1) is 21.5. The van der Waals surface area contributed by atoms with Gasteiger partial charge in [-0.1, -0.05) is 18.1 Å². The van der Waals surface area contributed by atoms with Crippen molar-refractivity contribution in [2.45, 2.75) is 56.1 Å². The number of aromatic hydroxyl groups is 1. The minimum atomic E-state index is -0.316. The molecule has 2 unspecified atom stereocenters. The number of ether oxygens (including phenoxy) is 1. The van der Waals surface area contributed by atoms with Gasteiger partial charge >= 0.3 is 0 Å². The minimum absolute atomic E-state index is 0.0166. The fourth-order valence-electron chi connectivity index (χ4n) is 8.28. The lowest BCUT2D eigenvalue weighted by Gasteiger charge is -2.36. The van der Waals surface area contributed by atoms with Crippen molar-refractivity contribution in [2.75, 3.05) is 37.7 Å². The smallest absolute Gasteiger partial charge is 0.266 e. The number of rotatable bonds is 5. The van der Waals surface area contributed by atoms with Gasteiger partial charge < -0.3 is 20.1 Å². The molecule has 4 aliphatic heterocycles. The van der Waals surface area contributed by atoms with E-state index in [0.29, 0.717) is 63.2 Å². The predicted octanol–water partition coefficient (Wildman–Crippen LogP) is 4.05. The summed E-state index contributed by atoms with van der Waals surface area (Å²) in [5.41, 5.74) is 2.32. The van der Waals surface area contributed by atoms with Gasteiger partial charge in [-0.25, -0.2) is 4.98 Å². The van der Waals surface area contributed by atoms with Crippen LogP contribution in [0.5, 0.6) is 11.5 Å². The lowest BCUT2D eigenvalue weighted by Crippen LogP contribution is -2.51. The molecule has 0 aliphatic carbocycles. The molecule has 9 nitrogen and oxygen atoms in total. The first-order valence-electron chi connectivity index (χ1n) is 15.6. The van der Waals surface area contributed by atoms with E-state index in [2.05, 4.69) is 27.1 Å². The zero-order valence-electron chi connectivity index (χ0n) is 24.6. The Kier molecular flexibility index (Phi) is 6.30. The highest BCUT2D eigenvalue weighted by Crippen LogP contribution is 2.42. The Morgan fingerprint density at radius 2 is 1.91 bits per heavy atom. The van der Waals surface area contributed by atoms with Crippen LogP contribution in [0.25, 0.3) is 27.4 Å². The number of hydrogen-bond acceptors (Lipinski definition) is 8. The molecule has 4 fully saturated rings. The molecule has 4 saturated heterocycles. The van der Waals surface area contributed by atoms with Crippen LogP contribution in [-0.4, -0.2) is 70.0 Å². The molecule has 222 valence electrons. The highest BCUT2D eigenvalue weighted by atomic mass is 16.5. The van der Waals surface area contributed by atoms with Crippen LogP contribution in [0.4, 0.5) is 5.69 Å². The van der Waals surface area contributed by atoms with Crippen LogP contribution < -0.4 is 20.5 Å². The van der Waals surface area contributed by atoms with E-state index >= 15 is 0 Å². The number of phenolic OH excluding ortho intramolecular Hbond substituents is 1. The molecule has 0 spiro atoms. The lowest BCUT2D eigenvalue weighted by molar-refractivity contribution is 0.113. The van der Waals surface area contributed by atoms with Gasteiger partial charge in [-0.2, -0.15) is 5.26 Å². The van der Waals surface area contributed by atoms with E-state index in [1.165, 1.54) is 10.9 Å². The average molecular weight is 587 g/mol. The maximum Gasteiger partial charge on any atom is 0.266 e. The molecule has 1 aromatic heterocycles. The summed E-state index contributed by atoms with van der Waals surface area (Å²) >= 11 is 0. The van der Waals surface area contributed by atoms with E-state index in [1.54, 1.807) is 18.2 Å².